The summed E-state index contributed by atoms with van der Waals surface area (Å²) < 4.78 is 18.3. The van der Waals surface area contributed by atoms with E-state index in [2.05, 4.69) is 5.32 Å². The van der Waals surface area contributed by atoms with Crippen LogP contribution in [0.4, 0.5) is 4.39 Å². The van der Waals surface area contributed by atoms with Crippen molar-refractivity contribution >= 4 is 11.9 Å². The Morgan fingerprint density at radius 3 is 2.40 bits per heavy atom. The lowest BCUT2D eigenvalue weighted by atomic mass is 10.1. The van der Waals surface area contributed by atoms with Gasteiger partial charge in [0.2, 0.25) is 0 Å². The Kier molecular flexibility index (Phi) is 4.87. The molecule has 0 aromatic heterocycles. The van der Waals surface area contributed by atoms with Gasteiger partial charge in [-0.25, -0.2) is 9.18 Å². The van der Waals surface area contributed by atoms with Crippen LogP contribution in [0.15, 0.2) is 18.2 Å². The van der Waals surface area contributed by atoms with Gasteiger partial charge in [-0.3, -0.25) is 4.79 Å². The normalized spacial score (nSPS) is 12.7. The molecule has 1 aromatic rings. The van der Waals surface area contributed by atoms with Gasteiger partial charge in [-0.1, -0.05) is 0 Å². The molecule has 5 heteroatoms. The molecule has 1 N–H and O–H groups in total. The quantitative estimate of drug-likeness (QED) is 0.866. The van der Waals surface area contributed by atoms with Crippen molar-refractivity contribution in [3.8, 4) is 0 Å². The maximum Gasteiger partial charge on any atom is 0.328 e. The number of halogens is 1. The van der Waals surface area contributed by atoms with Gasteiger partial charge in [-0.2, -0.15) is 0 Å². The highest BCUT2D eigenvalue weighted by Gasteiger charge is 2.23. The molecular formula is C15H20FNO3. The number of hydrogen-bond donors (Lipinski definition) is 1. The summed E-state index contributed by atoms with van der Waals surface area (Å²) in [5.74, 6) is -1.32. The Morgan fingerprint density at radius 1 is 1.30 bits per heavy atom. The molecule has 0 aliphatic carbocycles. The highest BCUT2D eigenvalue weighted by atomic mass is 19.1. The molecule has 0 aliphatic heterocycles. The van der Waals surface area contributed by atoms with Crippen LogP contribution in [0.3, 0.4) is 0 Å². The van der Waals surface area contributed by atoms with Crippen molar-refractivity contribution in [2.75, 3.05) is 0 Å². The van der Waals surface area contributed by atoms with Gasteiger partial charge in [0.15, 0.2) is 0 Å². The number of hydrogen-bond acceptors (Lipinski definition) is 3. The highest BCUT2D eigenvalue weighted by Crippen LogP contribution is 2.11. The zero-order chi connectivity index (χ0) is 15.5. The maximum absolute atomic E-state index is 13.1. The molecular weight excluding hydrogens is 261 g/mol. The molecule has 0 fully saturated rings. The molecule has 0 heterocycles. The van der Waals surface area contributed by atoms with Gasteiger partial charge >= 0.3 is 5.97 Å². The van der Waals surface area contributed by atoms with Crippen molar-refractivity contribution < 1.29 is 18.7 Å². The van der Waals surface area contributed by atoms with E-state index < -0.39 is 23.5 Å². The first kappa shape index (κ1) is 16.1. The number of carbonyl (C=O) groups is 2. The third kappa shape index (κ3) is 4.64. The average Bonchev–Trinajstić information content (AvgIpc) is 2.30. The number of nitrogens with one attached hydrogen (secondary N) is 1. The van der Waals surface area contributed by atoms with Crippen LogP contribution < -0.4 is 5.32 Å². The molecule has 110 valence electrons. The van der Waals surface area contributed by atoms with Crippen LogP contribution in [0, 0.1) is 12.7 Å². The van der Waals surface area contributed by atoms with Crippen LogP contribution in [0.5, 0.6) is 0 Å². The summed E-state index contributed by atoms with van der Waals surface area (Å²) >= 11 is 0. The number of benzene rings is 1. The summed E-state index contributed by atoms with van der Waals surface area (Å²) in [6, 6.07) is 3.26. The van der Waals surface area contributed by atoms with Crippen molar-refractivity contribution in [1.29, 1.82) is 0 Å². The molecule has 0 unspecified atom stereocenters. The van der Waals surface area contributed by atoms with E-state index >= 15 is 0 Å². The SMILES string of the molecule is Cc1cc(C(=O)N[C@@H](C)C(=O)OC(C)(C)C)ccc1F. The molecule has 0 aliphatic rings. The van der Waals surface area contributed by atoms with E-state index in [1.807, 2.05) is 0 Å². The molecule has 0 bridgehead atoms. The lowest BCUT2D eigenvalue weighted by Gasteiger charge is -2.22. The minimum Gasteiger partial charge on any atom is -0.458 e. The van der Waals surface area contributed by atoms with Gasteiger partial charge in [0.1, 0.15) is 17.5 Å². The van der Waals surface area contributed by atoms with Crippen LogP contribution in [-0.4, -0.2) is 23.5 Å². The zero-order valence-corrected chi connectivity index (χ0v) is 12.4. The Balaban J connectivity index is 2.70. The Bertz CT molecular complexity index is 520. The third-order valence-electron chi connectivity index (χ3n) is 2.53. The summed E-state index contributed by atoms with van der Waals surface area (Å²) in [5.41, 5.74) is 0.0737. The Hall–Kier alpha value is -1.91. The van der Waals surface area contributed by atoms with E-state index in [1.54, 1.807) is 34.6 Å². The van der Waals surface area contributed by atoms with Gasteiger partial charge < -0.3 is 10.1 Å². The summed E-state index contributed by atoms with van der Waals surface area (Å²) in [5, 5.41) is 2.53. The predicted molar refractivity (Wildman–Crippen MR) is 73.9 cm³/mol. The minimum atomic E-state index is -0.771. The van der Waals surface area contributed by atoms with E-state index in [0.29, 0.717) is 11.1 Å². The molecule has 1 amide bonds. The Morgan fingerprint density at radius 2 is 1.90 bits per heavy atom. The smallest absolute Gasteiger partial charge is 0.328 e. The number of esters is 1. The fourth-order valence-electron chi connectivity index (χ4n) is 1.51. The standard InChI is InChI=1S/C15H20FNO3/c1-9-8-11(6-7-12(9)16)13(18)17-10(2)14(19)20-15(3,4)5/h6-8,10H,1-5H3,(H,17,18)/t10-/m0/s1. The molecule has 1 aromatic carbocycles. The van der Waals surface area contributed by atoms with Crippen LogP contribution in [0.2, 0.25) is 0 Å². The van der Waals surface area contributed by atoms with Crippen molar-refractivity contribution in [3.63, 3.8) is 0 Å². The van der Waals surface area contributed by atoms with Gasteiger partial charge in [0, 0.05) is 5.56 Å². The van der Waals surface area contributed by atoms with E-state index in [4.69, 9.17) is 4.74 Å². The Labute approximate surface area is 118 Å². The van der Waals surface area contributed by atoms with Crippen LogP contribution in [0.25, 0.3) is 0 Å². The van der Waals surface area contributed by atoms with Crippen LogP contribution >= 0.6 is 0 Å². The predicted octanol–water partition coefficient (Wildman–Crippen LogP) is 2.59. The topological polar surface area (TPSA) is 55.4 Å². The largest absolute Gasteiger partial charge is 0.458 e. The lowest BCUT2D eigenvalue weighted by Crippen LogP contribution is -2.42. The third-order valence-corrected chi connectivity index (χ3v) is 2.53. The van der Waals surface area contributed by atoms with E-state index in [9.17, 15) is 14.0 Å². The maximum atomic E-state index is 13.1. The minimum absolute atomic E-state index is 0.305. The van der Waals surface area contributed by atoms with Gasteiger partial charge in [0.25, 0.3) is 5.91 Å². The van der Waals surface area contributed by atoms with Gasteiger partial charge in [-0.05, 0) is 58.4 Å². The fraction of sp³-hybridized carbons (Fsp3) is 0.467. The first-order valence-corrected chi connectivity index (χ1v) is 6.40. The number of aryl methyl sites for hydroxylation is 1. The summed E-state index contributed by atoms with van der Waals surface area (Å²) in [6.45, 7) is 8.38. The van der Waals surface area contributed by atoms with Crippen LogP contribution in [0.1, 0.15) is 43.6 Å². The molecule has 1 rings (SSSR count). The molecule has 0 spiro atoms. The number of amides is 1. The van der Waals surface area contributed by atoms with Crippen molar-refractivity contribution in [1.82, 2.24) is 5.32 Å². The second-order valence-corrected chi connectivity index (χ2v) is 5.69. The second kappa shape index (κ2) is 6.03. The molecule has 0 radical (unpaired) electrons. The van der Waals surface area contributed by atoms with Gasteiger partial charge in [0.05, 0.1) is 0 Å². The lowest BCUT2D eigenvalue weighted by molar-refractivity contribution is -0.156. The molecule has 0 saturated heterocycles. The summed E-state index contributed by atoms with van der Waals surface area (Å²) in [4.78, 5) is 23.7. The second-order valence-electron chi connectivity index (χ2n) is 5.69. The molecule has 4 nitrogen and oxygen atoms in total. The average molecular weight is 281 g/mol. The van der Waals surface area contributed by atoms with E-state index in [0.717, 1.165) is 0 Å². The van der Waals surface area contributed by atoms with Crippen molar-refractivity contribution in [2.24, 2.45) is 0 Å². The monoisotopic (exact) mass is 281 g/mol. The highest BCUT2D eigenvalue weighted by molar-refractivity contribution is 5.96. The number of ether oxygens (including phenoxy) is 1. The fourth-order valence-corrected chi connectivity index (χ4v) is 1.51. The summed E-state index contributed by atoms with van der Waals surface area (Å²) in [7, 11) is 0. The van der Waals surface area contributed by atoms with Gasteiger partial charge in [-0.15, -0.1) is 0 Å². The zero-order valence-electron chi connectivity index (χ0n) is 12.4. The number of rotatable bonds is 3. The molecule has 0 saturated carbocycles. The van der Waals surface area contributed by atoms with Crippen molar-refractivity contribution in [2.45, 2.75) is 46.3 Å². The van der Waals surface area contributed by atoms with E-state index in [1.165, 1.54) is 18.2 Å². The molecule has 1 atom stereocenters. The first-order valence-electron chi connectivity index (χ1n) is 6.40. The summed E-state index contributed by atoms with van der Waals surface area (Å²) in [6.07, 6.45) is 0. The first-order chi connectivity index (χ1) is 9.10. The molecule has 20 heavy (non-hydrogen) atoms. The van der Waals surface area contributed by atoms with Crippen molar-refractivity contribution in [3.05, 3.63) is 35.1 Å². The van der Waals surface area contributed by atoms with Crippen LogP contribution in [-0.2, 0) is 9.53 Å². The van der Waals surface area contributed by atoms with E-state index in [-0.39, 0.29) is 5.82 Å². The number of carbonyl (C=O) groups excluding carboxylic acids is 2.